The van der Waals surface area contributed by atoms with Gasteiger partial charge in [-0.15, -0.1) is 11.6 Å². The van der Waals surface area contributed by atoms with Gasteiger partial charge in [-0.05, 0) is 24.8 Å². The summed E-state index contributed by atoms with van der Waals surface area (Å²) in [7, 11) is 0. The number of nitro benzene ring substituents is 1. The first-order chi connectivity index (χ1) is 9.61. The van der Waals surface area contributed by atoms with Crippen LogP contribution in [0.5, 0.6) is 0 Å². The Balaban J connectivity index is 2.30. The molecule has 1 saturated carbocycles. The van der Waals surface area contributed by atoms with Crippen LogP contribution in [0.3, 0.4) is 0 Å². The Hall–Kier alpha value is -1.42. The van der Waals surface area contributed by atoms with Crippen LogP contribution in [0.4, 0.5) is 10.1 Å². The lowest BCUT2D eigenvalue weighted by molar-refractivity contribution is -0.384. The van der Waals surface area contributed by atoms with E-state index in [0.717, 1.165) is 37.3 Å². The van der Waals surface area contributed by atoms with Crippen molar-refractivity contribution in [1.29, 1.82) is 0 Å². The Morgan fingerprint density at radius 1 is 1.40 bits per heavy atom. The molecular formula is C15H17ClFNO2. The summed E-state index contributed by atoms with van der Waals surface area (Å²) < 4.78 is 13.8. The Morgan fingerprint density at radius 2 is 2.10 bits per heavy atom. The van der Waals surface area contributed by atoms with Crippen molar-refractivity contribution in [3.63, 3.8) is 0 Å². The van der Waals surface area contributed by atoms with Crippen molar-refractivity contribution >= 4 is 23.4 Å². The third kappa shape index (κ3) is 3.57. The fourth-order valence-corrected chi connectivity index (χ4v) is 2.99. The number of benzene rings is 1. The van der Waals surface area contributed by atoms with E-state index < -0.39 is 10.7 Å². The average Bonchev–Trinajstić information content (AvgIpc) is 2.47. The van der Waals surface area contributed by atoms with E-state index in [9.17, 15) is 14.5 Å². The number of halogens is 2. The summed E-state index contributed by atoms with van der Waals surface area (Å²) in [5.41, 5.74) is 1.13. The van der Waals surface area contributed by atoms with E-state index in [4.69, 9.17) is 11.6 Å². The third-order valence-electron chi connectivity index (χ3n) is 3.82. The zero-order valence-corrected chi connectivity index (χ0v) is 11.9. The maximum atomic E-state index is 13.8. The van der Waals surface area contributed by atoms with Crippen LogP contribution in [0.25, 0.3) is 6.08 Å². The molecule has 0 amide bonds. The second-order valence-electron chi connectivity index (χ2n) is 5.15. The topological polar surface area (TPSA) is 43.1 Å². The smallest absolute Gasteiger partial charge is 0.258 e. The van der Waals surface area contributed by atoms with Gasteiger partial charge in [0.05, 0.1) is 4.92 Å². The minimum atomic E-state index is -0.516. The zero-order chi connectivity index (χ0) is 14.5. The molecule has 0 N–H and O–H groups in total. The van der Waals surface area contributed by atoms with E-state index in [-0.39, 0.29) is 11.3 Å². The van der Waals surface area contributed by atoms with Gasteiger partial charge in [-0.3, -0.25) is 10.1 Å². The summed E-state index contributed by atoms with van der Waals surface area (Å²) in [4.78, 5) is 10.2. The van der Waals surface area contributed by atoms with E-state index in [0.29, 0.717) is 11.8 Å². The number of hydrogen-bond acceptors (Lipinski definition) is 2. The molecule has 1 aromatic carbocycles. The molecule has 1 fully saturated rings. The van der Waals surface area contributed by atoms with Crippen LogP contribution in [-0.2, 0) is 0 Å². The minimum absolute atomic E-state index is 0.102. The quantitative estimate of drug-likeness (QED) is 0.449. The highest BCUT2D eigenvalue weighted by atomic mass is 35.5. The second kappa shape index (κ2) is 6.84. The largest absolute Gasteiger partial charge is 0.270 e. The molecule has 3 nitrogen and oxygen atoms in total. The van der Waals surface area contributed by atoms with Gasteiger partial charge in [-0.2, -0.15) is 0 Å². The summed E-state index contributed by atoms with van der Waals surface area (Å²) in [6.07, 6.45) is 7.37. The molecule has 108 valence electrons. The van der Waals surface area contributed by atoms with Gasteiger partial charge in [0, 0.05) is 23.6 Å². The number of rotatable bonds is 4. The van der Waals surface area contributed by atoms with Crippen LogP contribution < -0.4 is 0 Å². The lowest BCUT2D eigenvalue weighted by Crippen LogP contribution is -2.10. The van der Waals surface area contributed by atoms with Crippen molar-refractivity contribution in [1.82, 2.24) is 0 Å². The summed E-state index contributed by atoms with van der Waals surface area (Å²) in [6, 6.07) is 3.58. The number of nitrogens with zero attached hydrogens (tertiary/aromatic N) is 1. The molecule has 0 atom stereocenters. The van der Waals surface area contributed by atoms with E-state index in [2.05, 4.69) is 0 Å². The SMILES string of the molecule is O=[N+]([O-])c1ccc(F)c(/C=C(/CCl)C2CCCCC2)c1. The highest BCUT2D eigenvalue weighted by molar-refractivity contribution is 6.19. The summed E-state index contributed by atoms with van der Waals surface area (Å²) in [5.74, 6) is 0.265. The molecule has 0 unspecified atom stereocenters. The lowest BCUT2D eigenvalue weighted by atomic mass is 9.83. The van der Waals surface area contributed by atoms with Crippen molar-refractivity contribution in [2.24, 2.45) is 5.92 Å². The van der Waals surface area contributed by atoms with Crippen LogP contribution in [0.15, 0.2) is 23.8 Å². The number of nitro groups is 1. The molecule has 0 radical (unpaired) electrons. The number of non-ortho nitro benzene ring substituents is 1. The minimum Gasteiger partial charge on any atom is -0.258 e. The molecule has 0 saturated heterocycles. The van der Waals surface area contributed by atoms with Gasteiger partial charge in [0.25, 0.3) is 5.69 Å². The van der Waals surface area contributed by atoms with E-state index in [1.165, 1.54) is 18.6 Å². The van der Waals surface area contributed by atoms with Crippen molar-refractivity contribution in [3.05, 3.63) is 45.3 Å². The maximum absolute atomic E-state index is 13.8. The predicted molar refractivity (Wildman–Crippen MR) is 78.3 cm³/mol. The van der Waals surface area contributed by atoms with Crippen molar-refractivity contribution in [2.75, 3.05) is 5.88 Å². The van der Waals surface area contributed by atoms with Gasteiger partial charge in [0.2, 0.25) is 0 Å². The molecule has 1 aliphatic carbocycles. The molecule has 5 heteroatoms. The predicted octanol–water partition coefficient (Wildman–Crippen LogP) is 4.94. The van der Waals surface area contributed by atoms with Crippen LogP contribution in [0.2, 0.25) is 0 Å². The van der Waals surface area contributed by atoms with Gasteiger partial charge in [0.1, 0.15) is 5.82 Å². The van der Waals surface area contributed by atoms with Crippen molar-refractivity contribution in [2.45, 2.75) is 32.1 Å². The lowest BCUT2D eigenvalue weighted by Gasteiger charge is -2.23. The molecule has 1 aromatic rings. The standard InChI is InChI=1S/C15H17ClFNO2/c16-10-13(11-4-2-1-3-5-11)8-12-9-14(18(19)20)6-7-15(12)17/h6-9,11H,1-5,10H2/b13-8-. The molecule has 1 aliphatic rings. The first-order valence-corrected chi connectivity index (χ1v) is 7.35. The summed E-state index contributed by atoms with van der Waals surface area (Å²) in [6.45, 7) is 0. The van der Waals surface area contributed by atoms with Gasteiger partial charge in [-0.25, -0.2) is 4.39 Å². The van der Waals surface area contributed by atoms with E-state index in [1.54, 1.807) is 6.08 Å². The molecule has 2 rings (SSSR count). The highest BCUT2D eigenvalue weighted by Gasteiger charge is 2.18. The molecule has 0 aromatic heterocycles. The molecule has 0 heterocycles. The highest BCUT2D eigenvalue weighted by Crippen LogP contribution is 2.32. The third-order valence-corrected chi connectivity index (χ3v) is 4.12. The first-order valence-electron chi connectivity index (χ1n) is 6.82. The number of hydrogen-bond donors (Lipinski definition) is 0. The molecule has 20 heavy (non-hydrogen) atoms. The summed E-state index contributed by atoms with van der Waals surface area (Å²) in [5, 5.41) is 10.8. The molecule has 0 spiro atoms. The Bertz CT molecular complexity index is 525. The molecule has 0 bridgehead atoms. The Morgan fingerprint density at radius 3 is 2.70 bits per heavy atom. The maximum Gasteiger partial charge on any atom is 0.270 e. The van der Waals surface area contributed by atoms with Gasteiger partial charge < -0.3 is 0 Å². The second-order valence-corrected chi connectivity index (χ2v) is 5.42. The molecule has 0 aliphatic heterocycles. The fourth-order valence-electron chi connectivity index (χ4n) is 2.69. The van der Waals surface area contributed by atoms with Gasteiger partial charge in [-0.1, -0.05) is 30.9 Å². The monoisotopic (exact) mass is 297 g/mol. The number of alkyl halides is 1. The van der Waals surface area contributed by atoms with Crippen LogP contribution in [-0.4, -0.2) is 10.8 Å². The number of allylic oxidation sites excluding steroid dienone is 1. The van der Waals surface area contributed by atoms with Gasteiger partial charge >= 0.3 is 0 Å². The van der Waals surface area contributed by atoms with Crippen molar-refractivity contribution < 1.29 is 9.31 Å². The van der Waals surface area contributed by atoms with Crippen molar-refractivity contribution in [3.8, 4) is 0 Å². The van der Waals surface area contributed by atoms with Crippen LogP contribution >= 0.6 is 11.6 Å². The van der Waals surface area contributed by atoms with Crippen LogP contribution in [0.1, 0.15) is 37.7 Å². The van der Waals surface area contributed by atoms with E-state index >= 15 is 0 Å². The Kier molecular flexibility index (Phi) is 5.12. The normalized spacial score (nSPS) is 17.2. The van der Waals surface area contributed by atoms with Crippen LogP contribution in [0, 0.1) is 21.8 Å². The average molecular weight is 298 g/mol. The fraction of sp³-hybridized carbons (Fsp3) is 0.467. The van der Waals surface area contributed by atoms with E-state index in [1.807, 2.05) is 0 Å². The summed E-state index contributed by atoms with van der Waals surface area (Å²) >= 11 is 5.98. The first kappa shape index (κ1) is 15.0. The zero-order valence-electron chi connectivity index (χ0n) is 11.1. The Labute approximate surface area is 122 Å². The van der Waals surface area contributed by atoms with Gasteiger partial charge in [0.15, 0.2) is 0 Å². The molecular weight excluding hydrogens is 281 g/mol.